The van der Waals surface area contributed by atoms with Gasteiger partial charge in [0.2, 0.25) is 5.88 Å². The van der Waals surface area contributed by atoms with Gasteiger partial charge in [0.1, 0.15) is 5.56 Å². The van der Waals surface area contributed by atoms with Crippen molar-refractivity contribution in [1.82, 2.24) is 14.3 Å². The molecule has 0 saturated carbocycles. The third-order valence-electron chi connectivity index (χ3n) is 3.57. The molecule has 0 bridgehead atoms. The highest BCUT2D eigenvalue weighted by atomic mass is 32.1. The number of allylic oxidation sites excluding steroid dienone is 1. The lowest BCUT2D eigenvalue weighted by molar-refractivity contribution is 0.0995. The molecule has 0 aliphatic heterocycles. The van der Waals surface area contributed by atoms with Crippen LogP contribution >= 0.6 is 11.3 Å². The number of aromatic nitrogens is 3. The number of hydrogen-bond acceptors (Lipinski definition) is 4. The first-order valence-corrected chi connectivity index (χ1v) is 8.22. The lowest BCUT2D eigenvalue weighted by atomic mass is 10.2. The molecule has 2 heterocycles. The number of carbonyl (C=O) groups excluding carboxylic acids is 1. The largest absolute Gasteiger partial charge is 0.479 e. The summed E-state index contributed by atoms with van der Waals surface area (Å²) in [6, 6.07) is 6.18. The molecule has 0 atom stereocenters. The van der Waals surface area contributed by atoms with Crippen LogP contribution in [-0.4, -0.2) is 27.4 Å². The van der Waals surface area contributed by atoms with Crippen LogP contribution in [0.1, 0.15) is 15.9 Å². The number of ether oxygens (including phenoxy) is 1. The quantitative estimate of drug-likeness (QED) is 0.685. The van der Waals surface area contributed by atoms with Crippen LogP contribution in [0.2, 0.25) is 0 Å². The van der Waals surface area contributed by atoms with E-state index >= 15 is 0 Å². The van der Waals surface area contributed by atoms with Gasteiger partial charge in [0.15, 0.2) is 4.80 Å². The number of aryl methyl sites for hydroxylation is 2. The fourth-order valence-corrected chi connectivity index (χ4v) is 3.62. The van der Waals surface area contributed by atoms with Crippen molar-refractivity contribution >= 4 is 27.5 Å². The molecule has 0 unspecified atom stereocenters. The van der Waals surface area contributed by atoms with E-state index in [1.54, 1.807) is 19.3 Å². The smallest absolute Gasteiger partial charge is 0.286 e. The summed E-state index contributed by atoms with van der Waals surface area (Å²) in [5, 5.41) is 4.10. The summed E-state index contributed by atoms with van der Waals surface area (Å²) in [5.74, 6) is -0.0977. The van der Waals surface area contributed by atoms with Gasteiger partial charge in [-0.15, -0.1) is 11.7 Å². The van der Waals surface area contributed by atoms with E-state index in [4.69, 9.17) is 4.74 Å². The summed E-state index contributed by atoms with van der Waals surface area (Å²) in [5.41, 5.74) is 2.55. The van der Waals surface area contributed by atoms with E-state index in [2.05, 4.69) is 22.7 Å². The number of benzene rings is 1. The molecule has 0 aliphatic carbocycles. The summed E-state index contributed by atoms with van der Waals surface area (Å²) in [7, 11) is 3.22. The van der Waals surface area contributed by atoms with Gasteiger partial charge in [0.25, 0.3) is 5.91 Å². The molecule has 1 amide bonds. The van der Waals surface area contributed by atoms with E-state index in [-0.39, 0.29) is 11.8 Å². The summed E-state index contributed by atoms with van der Waals surface area (Å²) in [4.78, 5) is 17.5. The molecule has 0 saturated heterocycles. The third kappa shape index (κ3) is 2.90. The van der Waals surface area contributed by atoms with Gasteiger partial charge in [-0.1, -0.05) is 23.5 Å². The normalized spacial score (nSPS) is 11.9. The van der Waals surface area contributed by atoms with Crippen molar-refractivity contribution in [3.63, 3.8) is 0 Å². The van der Waals surface area contributed by atoms with Gasteiger partial charge in [-0.05, 0) is 24.6 Å². The maximum atomic E-state index is 12.6. The summed E-state index contributed by atoms with van der Waals surface area (Å²) in [6.07, 6.45) is 3.40. The van der Waals surface area contributed by atoms with E-state index in [1.165, 1.54) is 28.7 Å². The van der Waals surface area contributed by atoms with Crippen LogP contribution < -0.4 is 9.54 Å². The zero-order chi connectivity index (χ0) is 17.3. The second-order valence-corrected chi connectivity index (χ2v) is 6.41. The Morgan fingerprint density at radius 3 is 3.00 bits per heavy atom. The maximum absolute atomic E-state index is 12.6. The van der Waals surface area contributed by atoms with E-state index in [0.717, 1.165) is 10.2 Å². The van der Waals surface area contributed by atoms with Gasteiger partial charge in [-0.3, -0.25) is 9.48 Å². The zero-order valence-corrected chi connectivity index (χ0v) is 14.6. The molecule has 3 aromatic rings. The Bertz CT molecular complexity index is 994. The molecule has 2 aromatic heterocycles. The Kier molecular flexibility index (Phi) is 4.35. The molecule has 1 aromatic carbocycles. The summed E-state index contributed by atoms with van der Waals surface area (Å²) < 4.78 is 9.74. The van der Waals surface area contributed by atoms with Crippen molar-refractivity contribution in [3.05, 3.63) is 53.0 Å². The van der Waals surface area contributed by atoms with Crippen molar-refractivity contribution in [2.45, 2.75) is 13.5 Å². The van der Waals surface area contributed by atoms with Gasteiger partial charge in [-0.25, -0.2) is 0 Å². The number of methoxy groups -OCH3 is 1. The molecule has 7 heteroatoms. The zero-order valence-electron chi connectivity index (χ0n) is 13.8. The SMILES string of the molecule is C=CCn1c(=NC(=O)c2cn(C)nc2OC)sc2cc(C)ccc21. The van der Waals surface area contributed by atoms with Crippen molar-refractivity contribution < 1.29 is 9.53 Å². The van der Waals surface area contributed by atoms with Gasteiger partial charge in [0, 0.05) is 19.8 Å². The summed E-state index contributed by atoms with van der Waals surface area (Å²) in [6.45, 7) is 6.42. The molecular weight excluding hydrogens is 324 g/mol. The van der Waals surface area contributed by atoms with Crippen LogP contribution in [0.25, 0.3) is 10.2 Å². The highest BCUT2D eigenvalue weighted by molar-refractivity contribution is 7.16. The van der Waals surface area contributed by atoms with Gasteiger partial charge < -0.3 is 9.30 Å². The molecule has 0 N–H and O–H groups in total. The van der Waals surface area contributed by atoms with Crippen molar-refractivity contribution in [2.24, 2.45) is 12.0 Å². The van der Waals surface area contributed by atoms with Crippen LogP contribution in [0.15, 0.2) is 42.0 Å². The van der Waals surface area contributed by atoms with E-state index in [0.29, 0.717) is 16.9 Å². The molecule has 24 heavy (non-hydrogen) atoms. The van der Waals surface area contributed by atoms with Gasteiger partial charge in [-0.2, -0.15) is 4.99 Å². The van der Waals surface area contributed by atoms with Crippen LogP contribution in [0, 0.1) is 6.92 Å². The molecule has 0 spiro atoms. The Morgan fingerprint density at radius 1 is 1.50 bits per heavy atom. The molecule has 3 rings (SSSR count). The average Bonchev–Trinajstić information content (AvgIpc) is 3.08. The first-order valence-electron chi connectivity index (χ1n) is 7.41. The fourth-order valence-electron chi connectivity index (χ4n) is 2.48. The minimum absolute atomic E-state index is 0.276. The Labute approximate surface area is 143 Å². The van der Waals surface area contributed by atoms with E-state index in [1.807, 2.05) is 23.6 Å². The highest BCUT2D eigenvalue weighted by Gasteiger charge is 2.16. The van der Waals surface area contributed by atoms with E-state index in [9.17, 15) is 4.79 Å². The number of fused-ring (bicyclic) bond motifs is 1. The Balaban J connectivity index is 2.16. The molecule has 6 nitrogen and oxygen atoms in total. The van der Waals surface area contributed by atoms with Crippen LogP contribution in [0.5, 0.6) is 5.88 Å². The second kappa shape index (κ2) is 6.45. The highest BCUT2D eigenvalue weighted by Crippen LogP contribution is 2.20. The Hall–Kier alpha value is -2.67. The van der Waals surface area contributed by atoms with Crippen LogP contribution in [0.3, 0.4) is 0 Å². The lowest BCUT2D eigenvalue weighted by Crippen LogP contribution is -2.16. The number of carbonyl (C=O) groups is 1. The topological polar surface area (TPSA) is 61.4 Å². The number of hydrogen-bond donors (Lipinski definition) is 0. The number of thiazole rings is 1. The molecular formula is C17H18N4O2S. The van der Waals surface area contributed by atoms with Crippen molar-refractivity contribution in [3.8, 4) is 5.88 Å². The maximum Gasteiger partial charge on any atom is 0.286 e. The third-order valence-corrected chi connectivity index (χ3v) is 4.61. The minimum Gasteiger partial charge on any atom is -0.479 e. The molecule has 0 radical (unpaired) electrons. The van der Waals surface area contributed by atoms with Crippen molar-refractivity contribution in [2.75, 3.05) is 7.11 Å². The minimum atomic E-state index is -0.374. The van der Waals surface area contributed by atoms with Crippen molar-refractivity contribution in [1.29, 1.82) is 0 Å². The van der Waals surface area contributed by atoms with Gasteiger partial charge in [0.05, 0.1) is 17.3 Å². The Morgan fingerprint density at radius 2 is 2.29 bits per heavy atom. The standard InChI is InChI=1S/C17H18N4O2S/c1-5-8-21-13-7-6-11(2)9-14(13)24-17(21)18-15(22)12-10-20(3)19-16(12)23-4/h5-7,9-10H,1,8H2,2-4H3. The van der Waals surface area contributed by atoms with Crippen LogP contribution in [0.4, 0.5) is 0 Å². The van der Waals surface area contributed by atoms with Crippen LogP contribution in [-0.2, 0) is 13.6 Å². The van der Waals surface area contributed by atoms with Gasteiger partial charge >= 0.3 is 0 Å². The first-order chi connectivity index (χ1) is 11.5. The lowest BCUT2D eigenvalue weighted by Gasteiger charge is -2.01. The number of rotatable bonds is 4. The van der Waals surface area contributed by atoms with E-state index < -0.39 is 0 Å². The number of nitrogens with zero attached hydrogens (tertiary/aromatic N) is 4. The summed E-state index contributed by atoms with van der Waals surface area (Å²) >= 11 is 1.48. The average molecular weight is 342 g/mol. The molecule has 0 aliphatic rings. The monoisotopic (exact) mass is 342 g/mol. The molecule has 124 valence electrons. The number of amides is 1. The molecule has 0 fully saturated rings. The first kappa shape index (κ1) is 16.2. The second-order valence-electron chi connectivity index (χ2n) is 5.40. The predicted molar refractivity (Wildman–Crippen MR) is 94.4 cm³/mol. The fraction of sp³-hybridized carbons (Fsp3) is 0.235. The predicted octanol–water partition coefficient (Wildman–Crippen LogP) is 2.68.